The molecule has 0 heterocycles. The molecule has 0 radical (unpaired) electrons. The second-order valence-corrected chi connectivity index (χ2v) is 10.9. The Kier molecular flexibility index (Phi) is 4.42. The van der Waals surface area contributed by atoms with E-state index in [1.807, 2.05) is 0 Å². The molecule has 0 fully saturated rings. The summed E-state index contributed by atoms with van der Waals surface area (Å²) in [5.74, 6) is 0. The molecule has 0 spiro atoms. The lowest BCUT2D eigenvalue weighted by Gasteiger charge is -2.14. The second-order valence-electron chi connectivity index (χ2n) is 10.9. The molecule has 0 N–H and O–H groups in total. The highest BCUT2D eigenvalue weighted by molar-refractivity contribution is 6.23. The highest BCUT2D eigenvalue weighted by atomic mass is 14.2. The average molecular weight is 505 g/mol. The molecule has 0 amide bonds. The summed E-state index contributed by atoms with van der Waals surface area (Å²) in [5, 5.41) is 10.5. The molecule has 8 aromatic carbocycles. The lowest BCUT2D eigenvalue weighted by Crippen LogP contribution is -1.87. The maximum atomic E-state index is 2.39. The fourth-order valence-electron chi connectivity index (χ4n) is 6.97. The second kappa shape index (κ2) is 8.15. The number of hydrogen-bond acceptors (Lipinski definition) is 0. The van der Waals surface area contributed by atoms with E-state index in [9.17, 15) is 0 Å². The summed E-state index contributed by atoms with van der Waals surface area (Å²) in [4.78, 5) is 0. The zero-order valence-electron chi connectivity index (χ0n) is 21.9. The first-order valence-electron chi connectivity index (χ1n) is 13.9. The maximum Gasteiger partial charge on any atom is -0.00259 e. The molecule has 0 saturated heterocycles. The summed E-state index contributed by atoms with van der Waals surface area (Å²) >= 11 is 0. The van der Waals surface area contributed by atoms with Gasteiger partial charge in [-0.3, -0.25) is 0 Å². The van der Waals surface area contributed by atoms with Gasteiger partial charge in [-0.1, -0.05) is 121 Å². The van der Waals surface area contributed by atoms with Crippen molar-refractivity contribution >= 4 is 43.1 Å². The van der Waals surface area contributed by atoms with Crippen LogP contribution in [0.5, 0.6) is 0 Å². The Morgan fingerprint density at radius 1 is 0.250 bits per heavy atom. The van der Waals surface area contributed by atoms with Gasteiger partial charge >= 0.3 is 0 Å². The van der Waals surface area contributed by atoms with Crippen molar-refractivity contribution in [2.24, 2.45) is 0 Å². The van der Waals surface area contributed by atoms with Crippen LogP contribution in [0.3, 0.4) is 0 Å². The van der Waals surface area contributed by atoms with Crippen LogP contribution in [0.2, 0.25) is 0 Å². The van der Waals surface area contributed by atoms with Gasteiger partial charge in [0.2, 0.25) is 0 Å². The highest BCUT2D eigenvalue weighted by Crippen LogP contribution is 2.48. The van der Waals surface area contributed by atoms with Gasteiger partial charge in [-0.15, -0.1) is 0 Å². The monoisotopic (exact) mass is 504 g/mol. The van der Waals surface area contributed by atoms with Crippen molar-refractivity contribution in [1.82, 2.24) is 0 Å². The highest BCUT2D eigenvalue weighted by Gasteiger charge is 2.21. The SMILES string of the molecule is c1cc(-c2cc3c4c(cccc4c2)-c2ccccc2-3)cc(-c2cc3ccc4ccccc4c3c3ccccc23)c1. The zero-order valence-corrected chi connectivity index (χ0v) is 21.9. The zero-order chi connectivity index (χ0) is 26.2. The van der Waals surface area contributed by atoms with Gasteiger partial charge in [0.1, 0.15) is 0 Å². The van der Waals surface area contributed by atoms with Gasteiger partial charge in [0.05, 0.1) is 0 Å². The summed E-state index contributed by atoms with van der Waals surface area (Å²) in [6, 6.07) is 53.8. The van der Waals surface area contributed by atoms with Gasteiger partial charge in [0.25, 0.3) is 0 Å². The van der Waals surface area contributed by atoms with Crippen LogP contribution < -0.4 is 0 Å². The minimum absolute atomic E-state index is 1.24. The average Bonchev–Trinajstić information content (AvgIpc) is 3.35. The van der Waals surface area contributed by atoms with Crippen molar-refractivity contribution in [3.8, 4) is 44.5 Å². The molecule has 1 aliphatic carbocycles. The van der Waals surface area contributed by atoms with E-state index < -0.39 is 0 Å². The Labute approximate surface area is 232 Å². The van der Waals surface area contributed by atoms with E-state index in [1.165, 1.54) is 87.6 Å². The van der Waals surface area contributed by atoms with E-state index in [0.29, 0.717) is 0 Å². The molecule has 8 aromatic rings. The first-order chi connectivity index (χ1) is 19.8. The molecular formula is C40H24. The quantitative estimate of drug-likeness (QED) is 0.205. The Hall–Kier alpha value is -5.20. The smallest absolute Gasteiger partial charge is 0.00259 e. The Morgan fingerprint density at radius 3 is 1.77 bits per heavy atom. The van der Waals surface area contributed by atoms with Gasteiger partial charge in [0, 0.05) is 0 Å². The lowest BCUT2D eigenvalue weighted by atomic mass is 9.89. The van der Waals surface area contributed by atoms with E-state index in [2.05, 4.69) is 146 Å². The van der Waals surface area contributed by atoms with E-state index >= 15 is 0 Å². The Morgan fingerprint density at radius 2 is 0.875 bits per heavy atom. The van der Waals surface area contributed by atoms with Gasteiger partial charge in [0.15, 0.2) is 0 Å². The topological polar surface area (TPSA) is 0 Å². The van der Waals surface area contributed by atoms with E-state index in [1.54, 1.807) is 0 Å². The minimum atomic E-state index is 1.24. The third-order valence-electron chi connectivity index (χ3n) is 8.74. The van der Waals surface area contributed by atoms with Gasteiger partial charge in [-0.2, -0.15) is 0 Å². The molecule has 0 saturated carbocycles. The van der Waals surface area contributed by atoms with E-state index in [4.69, 9.17) is 0 Å². The van der Waals surface area contributed by atoms with Crippen LogP contribution in [0.4, 0.5) is 0 Å². The lowest BCUT2D eigenvalue weighted by molar-refractivity contribution is 1.63. The number of fused-ring (bicyclic) bond motifs is 8. The molecule has 1 aliphatic rings. The third kappa shape index (κ3) is 3.02. The van der Waals surface area contributed by atoms with Crippen LogP contribution in [-0.2, 0) is 0 Å². The van der Waals surface area contributed by atoms with Crippen LogP contribution in [0, 0.1) is 0 Å². The molecule has 0 aromatic heterocycles. The molecule has 0 bridgehead atoms. The summed E-state index contributed by atoms with van der Waals surface area (Å²) < 4.78 is 0. The van der Waals surface area contributed by atoms with E-state index in [0.717, 1.165) is 0 Å². The predicted octanol–water partition coefficient (Wildman–Crippen LogP) is 11.3. The van der Waals surface area contributed by atoms with Crippen molar-refractivity contribution in [2.45, 2.75) is 0 Å². The van der Waals surface area contributed by atoms with Crippen molar-refractivity contribution in [2.75, 3.05) is 0 Å². The van der Waals surface area contributed by atoms with Crippen LogP contribution >= 0.6 is 0 Å². The summed E-state index contributed by atoms with van der Waals surface area (Å²) in [7, 11) is 0. The minimum Gasteiger partial charge on any atom is -0.0616 e. The van der Waals surface area contributed by atoms with Crippen LogP contribution in [0.15, 0.2) is 146 Å². The fourth-order valence-corrected chi connectivity index (χ4v) is 6.97. The summed E-state index contributed by atoms with van der Waals surface area (Å²) in [5.41, 5.74) is 10.4. The molecule has 0 unspecified atom stereocenters. The van der Waals surface area contributed by atoms with Gasteiger partial charge in [-0.05, 0) is 112 Å². The van der Waals surface area contributed by atoms with Gasteiger partial charge < -0.3 is 0 Å². The van der Waals surface area contributed by atoms with Crippen molar-refractivity contribution in [1.29, 1.82) is 0 Å². The van der Waals surface area contributed by atoms with E-state index in [-0.39, 0.29) is 0 Å². The predicted molar refractivity (Wildman–Crippen MR) is 172 cm³/mol. The molecule has 40 heavy (non-hydrogen) atoms. The number of benzene rings is 8. The summed E-state index contributed by atoms with van der Waals surface area (Å²) in [6.45, 7) is 0. The molecule has 0 aliphatic heterocycles. The summed E-state index contributed by atoms with van der Waals surface area (Å²) in [6.07, 6.45) is 0. The third-order valence-corrected chi connectivity index (χ3v) is 8.74. The maximum absolute atomic E-state index is 2.39. The molecule has 9 rings (SSSR count). The number of rotatable bonds is 2. The molecule has 0 nitrogen and oxygen atoms in total. The molecule has 184 valence electrons. The van der Waals surface area contributed by atoms with Crippen LogP contribution in [0.25, 0.3) is 87.6 Å². The Balaban J connectivity index is 1.27. The molecule has 0 atom stereocenters. The van der Waals surface area contributed by atoms with Crippen LogP contribution in [-0.4, -0.2) is 0 Å². The Bertz CT molecular complexity index is 2320. The number of hydrogen-bond donors (Lipinski definition) is 0. The van der Waals surface area contributed by atoms with Crippen molar-refractivity contribution in [3.05, 3.63) is 146 Å². The fraction of sp³-hybridized carbons (Fsp3) is 0. The molecular weight excluding hydrogens is 480 g/mol. The normalized spacial score (nSPS) is 12.0. The standard InChI is InChI=1S/C40H24/c1-2-13-31-25(9-1)19-20-29-23-37(34-16-5-6-17-35(34)39(29)31)27-11-7-10-26(21-27)30-22-28-12-8-18-36-32-14-3-4-15-33(32)38(24-30)40(28)36/h1-24H. The first-order valence-corrected chi connectivity index (χ1v) is 13.9. The first kappa shape index (κ1) is 21.7. The largest absolute Gasteiger partial charge is 0.0616 e. The van der Waals surface area contributed by atoms with Gasteiger partial charge in [-0.25, -0.2) is 0 Å². The van der Waals surface area contributed by atoms with Crippen molar-refractivity contribution < 1.29 is 0 Å². The van der Waals surface area contributed by atoms with Crippen LogP contribution in [0.1, 0.15) is 0 Å². The van der Waals surface area contributed by atoms with Crippen molar-refractivity contribution in [3.63, 3.8) is 0 Å². The molecule has 0 heteroatoms.